The molecule has 1 aromatic carbocycles. The van der Waals surface area contributed by atoms with Gasteiger partial charge in [-0.05, 0) is 30.5 Å². The second-order valence-corrected chi connectivity index (χ2v) is 5.98. The summed E-state index contributed by atoms with van der Waals surface area (Å²) in [6.07, 6.45) is 0. The molecule has 114 valence electrons. The minimum atomic E-state index is -0.115. The molecule has 0 bridgehead atoms. The maximum absolute atomic E-state index is 12.3. The van der Waals surface area contributed by atoms with E-state index in [9.17, 15) is 4.79 Å². The second kappa shape index (κ2) is 7.14. The predicted molar refractivity (Wildman–Crippen MR) is 85.3 cm³/mol. The monoisotopic (exact) mass is 288 g/mol. The van der Waals surface area contributed by atoms with Crippen molar-refractivity contribution >= 4 is 5.91 Å². The molecule has 1 aromatic rings. The molecule has 0 saturated heterocycles. The van der Waals surface area contributed by atoms with Crippen LogP contribution in [0.1, 0.15) is 43.6 Å². The molecule has 0 heterocycles. The van der Waals surface area contributed by atoms with Crippen LogP contribution in [0.3, 0.4) is 0 Å². The van der Waals surface area contributed by atoms with Crippen molar-refractivity contribution in [2.45, 2.75) is 33.7 Å². The van der Waals surface area contributed by atoms with Gasteiger partial charge in [-0.25, -0.2) is 0 Å². The van der Waals surface area contributed by atoms with Crippen LogP contribution in [0, 0.1) is 17.3 Å². The topological polar surface area (TPSA) is 64.3 Å². The van der Waals surface area contributed by atoms with Crippen LogP contribution in [0.15, 0.2) is 18.2 Å². The van der Waals surface area contributed by atoms with Crippen LogP contribution in [0.25, 0.3) is 0 Å². The Hall–Kier alpha value is -1.99. The van der Waals surface area contributed by atoms with Crippen molar-refractivity contribution < 1.29 is 9.53 Å². The van der Waals surface area contributed by atoms with Gasteiger partial charge in [0.2, 0.25) is 0 Å². The zero-order valence-corrected chi connectivity index (χ0v) is 13.4. The Morgan fingerprint density at radius 2 is 2.10 bits per heavy atom. The van der Waals surface area contributed by atoms with E-state index in [0.29, 0.717) is 16.9 Å². The largest absolute Gasteiger partial charge is 0.495 e. The summed E-state index contributed by atoms with van der Waals surface area (Å²) in [5.74, 6) is 6.22. The van der Waals surface area contributed by atoms with Crippen molar-refractivity contribution in [2.75, 3.05) is 13.7 Å². The molecule has 1 amide bonds. The van der Waals surface area contributed by atoms with Crippen molar-refractivity contribution in [3.63, 3.8) is 0 Å². The molecule has 0 radical (unpaired) electrons. The third-order valence-electron chi connectivity index (χ3n) is 3.43. The highest BCUT2D eigenvalue weighted by atomic mass is 16.5. The van der Waals surface area contributed by atoms with Crippen LogP contribution in [-0.2, 0) is 0 Å². The van der Waals surface area contributed by atoms with Crippen molar-refractivity contribution in [3.8, 4) is 17.6 Å². The molecule has 0 aliphatic rings. The van der Waals surface area contributed by atoms with Gasteiger partial charge in [-0.3, -0.25) is 4.79 Å². The van der Waals surface area contributed by atoms with Gasteiger partial charge in [0.15, 0.2) is 0 Å². The van der Waals surface area contributed by atoms with E-state index in [2.05, 4.69) is 37.9 Å². The first kappa shape index (κ1) is 17.1. The van der Waals surface area contributed by atoms with Crippen LogP contribution >= 0.6 is 0 Å². The zero-order valence-electron chi connectivity index (χ0n) is 13.4. The number of carbonyl (C=O) groups is 1. The fourth-order valence-electron chi connectivity index (χ4n) is 1.59. The Morgan fingerprint density at radius 1 is 1.43 bits per heavy atom. The molecule has 1 atom stereocenters. The van der Waals surface area contributed by atoms with Crippen LogP contribution < -0.4 is 15.8 Å². The number of methoxy groups -OCH3 is 1. The van der Waals surface area contributed by atoms with Crippen LogP contribution in [0.5, 0.6) is 5.75 Å². The lowest BCUT2D eigenvalue weighted by atomic mass is 9.88. The molecule has 21 heavy (non-hydrogen) atoms. The van der Waals surface area contributed by atoms with Gasteiger partial charge in [-0.2, -0.15) is 0 Å². The smallest absolute Gasteiger partial charge is 0.251 e. The van der Waals surface area contributed by atoms with Gasteiger partial charge < -0.3 is 15.8 Å². The number of nitrogens with two attached hydrogens (primary N) is 1. The van der Waals surface area contributed by atoms with E-state index in [0.717, 1.165) is 0 Å². The maximum atomic E-state index is 12.3. The third-order valence-corrected chi connectivity index (χ3v) is 3.43. The molecular weight excluding hydrogens is 264 g/mol. The molecule has 1 unspecified atom stereocenters. The normalized spacial score (nSPS) is 12.1. The van der Waals surface area contributed by atoms with Gasteiger partial charge in [0.25, 0.3) is 5.91 Å². The van der Waals surface area contributed by atoms with E-state index in [1.807, 2.05) is 6.92 Å². The van der Waals surface area contributed by atoms with Gasteiger partial charge in [0.1, 0.15) is 5.75 Å². The molecule has 3 N–H and O–H groups in total. The van der Waals surface area contributed by atoms with Crippen molar-refractivity contribution in [1.82, 2.24) is 5.32 Å². The van der Waals surface area contributed by atoms with E-state index in [4.69, 9.17) is 10.5 Å². The highest BCUT2D eigenvalue weighted by molar-refractivity contribution is 5.95. The Morgan fingerprint density at radius 3 is 2.62 bits per heavy atom. The summed E-state index contributed by atoms with van der Waals surface area (Å²) >= 11 is 0. The van der Waals surface area contributed by atoms with Crippen molar-refractivity contribution in [2.24, 2.45) is 11.1 Å². The molecule has 0 aliphatic heterocycles. The van der Waals surface area contributed by atoms with E-state index in [-0.39, 0.29) is 23.9 Å². The number of hydrogen-bond acceptors (Lipinski definition) is 3. The lowest BCUT2D eigenvalue weighted by molar-refractivity contribution is 0.0910. The highest BCUT2D eigenvalue weighted by Crippen LogP contribution is 2.21. The number of nitrogens with one attached hydrogen (secondary N) is 1. The molecule has 0 fully saturated rings. The van der Waals surface area contributed by atoms with E-state index in [1.165, 1.54) is 0 Å². The molecule has 0 spiro atoms. The van der Waals surface area contributed by atoms with E-state index < -0.39 is 0 Å². The summed E-state index contributed by atoms with van der Waals surface area (Å²) in [6.45, 7) is 8.52. The first-order valence-corrected chi connectivity index (χ1v) is 6.97. The Balaban J connectivity index is 3.01. The summed E-state index contributed by atoms with van der Waals surface area (Å²) in [5, 5.41) is 3.00. The molecular formula is C17H24N2O2. The minimum absolute atomic E-state index is 0.00428. The highest BCUT2D eigenvalue weighted by Gasteiger charge is 2.22. The van der Waals surface area contributed by atoms with Gasteiger partial charge in [-0.1, -0.05) is 32.6 Å². The van der Waals surface area contributed by atoms with Gasteiger partial charge in [0.05, 0.1) is 19.2 Å². The number of carbonyl (C=O) groups excluding carboxylic acids is 1. The summed E-state index contributed by atoms with van der Waals surface area (Å²) in [6, 6.07) is 5.27. The molecule has 0 aromatic heterocycles. The van der Waals surface area contributed by atoms with Crippen molar-refractivity contribution in [3.05, 3.63) is 29.3 Å². The first-order valence-electron chi connectivity index (χ1n) is 6.97. The summed E-state index contributed by atoms with van der Waals surface area (Å²) in [4.78, 5) is 12.3. The van der Waals surface area contributed by atoms with Gasteiger partial charge >= 0.3 is 0 Å². The first-order chi connectivity index (χ1) is 9.79. The standard InChI is InChI=1S/C17H24N2O2/c1-12(17(2,3)4)19-16(20)14-8-9-15(21-5)13(11-14)7-6-10-18/h8-9,11-12H,10,18H2,1-5H3,(H,19,20). The summed E-state index contributed by atoms with van der Waals surface area (Å²) in [7, 11) is 1.57. The summed E-state index contributed by atoms with van der Waals surface area (Å²) < 4.78 is 5.24. The van der Waals surface area contributed by atoms with Gasteiger partial charge in [-0.15, -0.1) is 0 Å². The number of ether oxygens (including phenoxy) is 1. The van der Waals surface area contributed by atoms with Crippen molar-refractivity contribution in [1.29, 1.82) is 0 Å². The average molecular weight is 288 g/mol. The fraction of sp³-hybridized carbons (Fsp3) is 0.471. The zero-order chi connectivity index (χ0) is 16.0. The van der Waals surface area contributed by atoms with E-state index in [1.54, 1.807) is 25.3 Å². The molecule has 0 aliphatic carbocycles. The quantitative estimate of drug-likeness (QED) is 0.838. The number of benzene rings is 1. The predicted octanol–water partition coefficient (Wildman–Crippen LogP) is 2.17. The average Bonchev–Trinajstić information content (AvgIpc) is 2.43. The Kier molecular flexibility index (Phi) is 5.80. The second-order valence-electron chi connectivity index (χ2n) is 5.98. The van der Waals surface area contributed by atoms with Gasteiger partial charge in [0, 0.05) is 11.6 Å². The molecule has 0 saturated carbocycles. The molecule has 1 rings (SSSR count). The number of amides is 1. The van der Waals surface area contributed by atoms with Crippen LogP contribution in [0.4, 0.5) is 0 Å². The third kappa shape index (κ3) is 4.80. The summed E-state index contributed by atoms with van der Waals surface area (Å²) in [5.41, 5.74) is 6.62. The lowest BCUT2D eigenvalue weighted by Gasteiger charge is -2.28. The van der Waals surface area contributed by atoms with E-state index >= 15 is 0 Å². The lowest BCUT2D eigenvalue weighted by Crippen LogP contribution is -2.41. The van der Waals surface area contributed by atoms with Crippen LogP contribution in [0.2, 0.25) is 0 Å². The fourth-order valence-corrected chi connectivity index (χ4v) is 1.59. The molecule has 4 heteroatoms. The van der Waals surface area contributed by atoms with Crippen LogP contribution in [-0.4, -0.2) is 25.6 Å². The Labute approximate surface area is 127 Å². The Bertz CT molecular complexity index is 562. The number of hydrogen-bond donors (Lipinski definition) is 2. The maximum Gasteiger partial charge on any atom is 0.251 e. The SMILES string of the molecule is COc1ccc(C(=O)NC(C)C(C)(C)C)cc1C#CCN. The minimum Gasteiger partial charge on any atom is -0.495 e. The molecule has 4 nitrogen and oxygen atoms in total. The number of rotatable bonds is 3.